The summed E-state index contributed by atoms with van der Waals surface area (Å²) in [6.07, 6.45) is 3.11. The summed E-state index contributed by atoms with van der Waals surface area (Å²) in [5.41, 5.74) is 0.905. The van der Waals surface area contributed by atoms with E-state index in [0.717, 1.165) is 25.0 Å². The monoisotopic (exact) mass is 363 g/mol. The molecule has 5 N–H and O–H groups in total. The first-order valence-electron chi connectivity index (χ1n) is 8.47. The molecule has 0 unspecified atom stereocenters. The summed E-state index contributed by atoms with van der Waals surface area (Å²) in [7, 11) is -1.55. The van der Waals surface area contributed by atoms with Gasteiger partial charge < -0.3 is 26.0 Å². The van der Waals surface area contributed by atoms with Gasteiger partial charge in [0.05, 0.1) is 12.1 Å². The van der Waals surface area contributed by atoms with E-state index in [-0.39, 0.29) is 24.0 Å². The van der Waals surface area contributed by atoms with Gasteiger partial charge in [0.2, 0.25) is 5.91 Å². The van der Waals surface area contributed by atoms with Crippen LogP contribution in [0.1, 0.15) is 25.7 Å². The van der Waals surface area contributed by atoms with Gasteiger partial charge in [0, 0.05) is 23.1 Å². The van der Waals surface area contributed by atoms with Crippen LogP contribution in [0.15, 0.2) is 24.3 Å². The summed E-state index contributed by atoms with van der Waals surface area (Å²) in [5.74, 6) is 0.860. The number of rotatable bonds is 7. The van der Waals surface area contributed by atoms with Crippen LogP contribution in [0.3, 0.4) is 0 Å². The zero-order valence-electron chi connectivity index (χ0n) is 13.8. The molecule has 2 heterocycles. The van der Waals surface area contributed by atoms with Gasteiger partial charge in [-0.3, -0.25) is 4.79 Å². The molecular weight excluding hydrogens is 341 g/mol. The molecule has 0 bridgehead atoms. The van der Waals surface area contributed by atoms with Gasteiger partial charge in [-0.2, -0.15) is 11.8 Å². The molecule has 134 valence electrons. The number of benzene rings is 1. The van der Waals surface area contributed by atoms with E-state index in [1.807, 2.05) is 11.8 Å². The van der Waals surface area contributed by atoms with Crippen LogP contribution in [0, 0.1) is 0 Å². The van der Waals surface area contributed by atoms with Crippen molar-refractivity contribution in [3.63, 3.8) is 0 Å². The molecule has 2 aliphatic heterocycles. The van der Waals surface area contributed by atoms with Gasteiger partial charge in [-0.05, 0) is 30.4 Å². The lowest BCUT2D eigenvalue weighted by molar-refractivity contribution is -0.116. The van der Waals surface area contributed by atoms with Crippen molar-refractivity contribution in [1.82, 2.24) is 10.6 Å². The van der Waals surface area contributed by atoms with Crippen molar-refractivity contribution < 1.29 is 19.6 Å². The maximum absolute atomic E-state index is 12.0. The highest BCUT2D eigenvalue weighted by Gasteiger charge is 2.42. The van der Waals surface area contributed by atoms with Gasteiger partial charge >= 0.3 is 13.1 Å². The van der Waals surface area contributed by atoms with E-state index < -0.39 is 7.12 Å². The molecule has 2 aliphatic rings. The lowest BCUT2D eigenvalue weighted by Crippen LogP contribution is -2.36. The molecule has 2 fully saturated rings. The number of hydrogen-bond donors (Lipinski definition) is 5. The number of urea groups is 1. The van der Waals surface area contributed by atoms with Crippen LogP contribution in [0.25, 0.3) is 0 Å². The lowest BCUT2D eigenvalue weighted by Gasteiger charge is -2.16. The van der Waals surface area contributed by atoms with Crippen LogP contribution in [0.2, 0.25) is 0 Å². The highest BCUT2D eigenvalue weighted by molar-refractivity contribution is 8.00. The Balaban J connectivity index is 1.37. The smallest absolute Gasteiger partial charge is 0.423 e. The fraction of sp³-hybridized carbons (Fsp3) is 0.500. The highest BCUT2D eigenvalue weighted by Crippen LogP contribution is 2.33. The Morgan fingerprint density at radius 1 is 1.32 bits per heavy atom. The van der Waals surface area contributed by atoms with Crippen molar-refractivity contribution in [3.8, 4) is 0 Å². The van der Waals surface area contributed by atoms with Crippen molar-refractivity contribution in [2.45, 2.75) is 43.0 Å². The Morgan fingerprint density at radius 3 is 2.96 bits per heavy atom. The van der Waals surface area contributed by atoms with Crippen molar-refractivity contribution in [3.05, 3.63) is 24.3 Å². The van der Waals surface area contributed by atoms with Gasteiger partial charge in [-0.15, -0.1) is 0 Å². The second kappa shape index (κ2) is 8.12. The number of fused-ring (bicyclic) bond motifs is 1. The molecule has 25 heavy (non-hydrogen) atoms. The Hall–Kier alpha value is -1.71. The molecule has 0 aliphatic carbocycles. The Kier molecular flexibility index (Phi) is 5.87. The van der Waals surface area contributed by atoms with Gasteiger partial charge in [0.25, 0.3) is 0 Å². The van der Waals surface area contributed by atoms with E-state index in [1.165, 1.54) is 0 Å². The number of anilines is 1. The quantitative estimate of drug-likeness (QED) is 0.267. The number of thioether (sulfide) groups is 1. The Labute approximate surface area is 151 Å². The average molecular weight is 363 g/mol. The van der Waals surface area contributed by atoms with Crippen molar-refractivity contribution in [2.24, 2.45) is 0 Å². The fourth-order valence-corrected chi connectivity index (χ4v) is 4.82. The largest absolute Gasteiger partial charge is 0.488 e. The standard InChI is InChI=1S/C16H22BN3O4S/c21-14(18-11-5-3-4-10(8-11)17(23)24)7-2-1-6-13-15-12(9-25-13)19-16(22)20-15/h3-5,8,12-13,15,23-24H,1-2,6-7,9H2,(H,18,21)(H2,19,20,22)/t12-,13-,15-/m1/s1. The maximum Gasteiger partial charge on any atom is 0.488 e. The molecular formula is C16H22BN3O4S. The second-order valence-electron chi connectivity index (χ2n) is 6.41. The molecule has 0 aromatic heterocycles. The van der Waals surface area contributed by atoms with E-state index in [9.17, 15) is 9.59 Å². The van der Waals surface area contributed by atoms with Gasteiger partial charge in [-0.1, -0.05) is 18.6 Å². The summed E-state index contributed by atoms with van der Waals surface area (Å²) in [6.45, 7) is 0. The van der Waals surface area contributed by atoms with Crippen LogP contribution in [-0.2, 0) is 4.79 Å². The molecule has 2 saturated heterocycles. The minimum absolute atomic E-state index is 0.0742. The maximum atomic E-state index is 12.0. The van der Waals surface area contributed by atoms with Crippen molar-refractivity contribution >= 4 is 42.0 Å². The average Bonchev–Trinajstić information content (AvgIpc) is 3.11. The Bertz CT molecular complexity index is 646. The number of nitrogens with one attached hydrogen (secondary N) is 3. The van der Waals surface area contributed by atoms with Gasteiger partial charge in [0.15, 0.2) is 0 Å². The summed E-state index contributed by atoms with van der Waals surface area (Å²) >= 11 is 1.88. The van der Waals surface area contributed by atoms with Crippen molar-refractivity contribution in [2.75, 3.05) is 11.1 Å². The number of amides is 3. The van der Waals surface area contributed by atoms with Crippen LogP contribution in [0.5, 0.6) is 0 Å². The number of unbranched alkanes of at least 4 members (excludes halogenated alkanes) is 1. The first kappa shape index (κ1) is 18.1. The van der Waals surface area contributed by atoms with E-state index in [1.54, 1.807) is 24.3 Å². The number of carbonyl (C=O) groups is 2. The molecule has 9 heteroatoms. The molecule has 3 amide bonds. The lowest BCUT2D eigenvalue weighted by atomic mass is 9.80. The SMILES string of the molecule is O=C(CCCC[C@H]1SC[C@H]2NC(=O)N[C@H]21)Nc1cccc(B(O)O)c1. The minimum atomic E-state index is -1.55. The third kappa shape index (κ3) is 4.68. The van der Waals surface area contributed by atoms with E-state index in [0.29, 0.717) is 22.8 Å². The number of hydrogen-bond acceptors (Lipinski definition) is 5. The molecule has 3 rings (SSSR count). The summed E-state index contributed by atoms with van der Waals surface area (Å²) < 4.78 is 0. The molecule has 0 radical (unpaired) electrons. The van der Waals surface area contributed by atoms with E-state index in [2.05, 4.69) is 16.0 Å². The van der Waals surface area contributed by atoms with Crippen LogP contribution < -0.4 is 21.4 Å². The predicted molar refractivity (Wildman–Crippen MR) is 98.9 cm³/mol. The van der Waals surface area contributed by atoms with Gasteiger partial charge in [0.1, 0.15) is 0 Å². The third-order valence-electron chi connectivity index (χ3n) is 4.55. The van der Waals surface area contributed by atoms with Crippen LogP contribution >= 0.6 is 11.8 Å². The second-order valence-corrected chi connectivity index (χ2v) is 7.69. The Morgan fingerprint density at radius 2 is 2.16 bits per heavy atom. The predicted octanol–water partition coefficient (Wildman–Crippen LogP) is 0.0307. The van der Waals surface area contributed by atoms with E-state index in [4.69, 9.17) is 10.0 Å². The molecule has 0 spiro atoms. The van der Waals surface area contributed by atoms with Crippen LogP contribution in [0.4, 0.5) is 10.5 Å². The van der Waals surface area contributed by atoms with Gasteiger partial charge in [-0.25, -0.2) is 4.79 Å². The summed E-state index contributed by atoms with van der Waals surface area (Å²) in [6, 6.07) is 6.89. The molecule has 1 aromatic carbocycles. The number of carbonyl (C=O) groups excluding carboxylic acids is 2. The fourth-order valence-electron chi connectivity index (χ4n) is 3.27. The normalized spacial score (nSPS) is 24.4. The molecule has 1 aromatic rings. The van der Waals surface area contributed by atoms with Crippen LogP contribution in [-0.4, -0.2) is 52.2 Å². The third-order valence-corrected chi connectivity index (χ3v) is 6.06. The highest BCUT2D eigenvalue weighted by atomic mass is 32.2. The molecule has 0 saturated carbocycles. The topological polar surface area (TPSA) is 111 Å². The molecule has 7 nitrogen and oxygen atoms in total. The zero-order chi connectivity index (χ0) is 17.8. The molecule has 3 atom stereocenters. The first-order chi connectivity index (χ1) is 12.0. The summed E-state index contributed by atoms with van der Waals surface area (Å²) in [5, 5.41) is 27.4. The first-order valence-corrected chi connectivity index (χ1v) is 9.52. The van der Waals surface area contributed by atoms with Crippen molar-refractivity contribution in [1.29, 1.82) is 0 Å². The van der Waals surface area contributed by atoms with E-state index >= 15 is 0 Å². The minimum Gasteiger partial charge on any atom is -0.423 e. The summed E-state index contributed by atoms with van der Waals surface area (Å²) in [4.78, 5) is 23.4. The zero-order valence-corrected chi connectivity index (χ0v) is 14.6.